The van der Waals surface area contributed by atoms with Gasteiger partial charge in [-0.1, -0.05) is 17.7 Å². The van der Waals surface area contributed by atoms with Crippen LogP contribution < -0.4 is 10.0 Å². The maximum atomic E-state index is 13.0. The fraction of sp³-hybridized carbons (Fsp3) is 0.125. The third-order valence-electron chi connectivity index (χ3n) is 4.83. The van der Waals surface area contributed by atoms with Crippen LogP contribution in [0.3, 0.4) is 0 Å². The van der Waals surface area contributed by atoms with E-state index in [-0.39, 0.29) is 23.1 Å². The van der Waals surface area contributed by atoms with Crippen molar-refractivity contribution in [3.63, 3.8) is 0 Å². The number of halogens is 1. The van der Waals surface area contributed by atoms with Crippen molar-refractivity contribution in [2.75, 3.05) is 16.6 Å². The molecular formula is C24H21ClN4O4S. The van der Waals surface area contributed by atoms with Gasteiger partial charge < -0.3 is 10.1 Å². The molecule has 1 heterocycles. The van der Waals surface area contributed by atoms with Crippen LogP contribution in [0, 0.1) is 6.92 Å². The number of esters is 1. The van der Waals surface area contributed by atoms with Crippen LogP contribution in [-0.4, -0.2) is 31.0 Å². The molecule has 174 valence electrons. The summed E-state index contributed by atoms with van der Waals surface area (Å²) in [5, 5.41) is 3.52. The van der Waals surface area contributed by atoms with E-state index < -0.39 is 16.0 Å². The first-order valence-electron chi connectivity index (χ1n) is 10.4. The molecule has 0 atom stereocenters. The van der Waals surface area contributed by atoms with Gasteiger partial charge in [-0.15, -0.1) is 0 Å². The molecule has 0 saturated heterocycles. The third-order valence-corrected chi connectivity index (χ3v) is 6.44. The molecule has 4 rings (SSSR count). The van der Waals surface area contributed by atoms with E-state index in [1.807, 2.05) is 19.1 Å². The summed E-state index contributed by atoms with van der Waals surface area (Å²) >= 11 is 5.89. The zero-order chi connectivity index (χ0) is 24.3. The molecule has 0 bridgehead atoms. The highest BCUT2D eigenvalue weighted by atomic mass is 35.5. The number of nitrogens with zero attached hydrogens (tertiary/aromatic N) is 2. The number of sulfonamides is 1. The first-order valence-corrected chi connectivity index (χ1v) is 12.2. The SMILES string of the molecule is CCOC(=O)c1ccc(Nc2nc3cc(C)ccc3nc2NS(=O)(=O)c2ccc(Cl)cc2)cc1. The average Bonchev–Trinajstić information content (AvgIpc) is 2.80. The molecule has 10 heteroatoms. The van der Waals surface area contributed by atoms with Crippen LogP contribution >= 0.6 is 11.6 Å². The van der Waals surface area contributed by atoms with Gasteiger partial charge in [0.25, 0.3) is 10.0 Å². The number of carbonyl (C=O) groups is 1. The maximum Gasteiger partial charge on any atom is 0.338 e. The van der Waals surface area contributed by atoms with Crippen LogP contribution in [0.1, 0.15) is 22.8 Å². The number of aromatic nitrogens is 2. The predicted octanol–water partition coefficient (Wildman–Crippen LogP) is 5.31. The van der Waals surface area contributed by atoms with Crippen molar-refractivity contribution in [1.29, 1.82) is 0 Å². The molecule has 0 saturated carbocycles. The van der Waals surface area contributed by atoms with Crippen molar-refractivity contribution in [2.45, 2.75) is 18.7 Å². The lowest BCUT2D eigenvalue weighted by Crippen LogP contribution is -2.16. The van der Waals surface area contributed by atoms with Crippen molar-refractivity contribution in [2.24, 2.45) is 0 Å². The van der Waals surface area contributed by atoms with Gasteiger partial charge in [-0.2, -0.15) is 0 Å². The van der Waals surface area contributed by atoms with Gasteiger partial charge in [0.05, 0.1) is 28.1 Å². The van der Waals surface area contributed by atoms with E-state index in [1.165, 1.54) is 24.3 Å². The predicted molar refractivity (Wildman–Crippen MR) is 132 cm³/mol. The Labute approximate surface area is 202 Å². The van der Waals surface area contributed by atoms with Crippen LogP contribution in [0.4, 0.5) is 17.3 Å². The first-order chi connectivity index (χ1) is 16.2. The fourth-order valence-electron chi connectivity index (χ4n) is 3.16. The summed E-state index contributed by atoms with van der Waals surface area (Å²) in [6.45, 7) is 3.95. The minimum absolute atomic E-state index is 0.0285. The molecule has 0 radical (unpaired) electrons. The Morgan fingerprint density at radius 2 is 1.62 bits per heavy atom. The van der Waals surface area contributed by atoms with Crippen LogP contribution in [0.25, 0.3) is 11.0 Å². The number of rotatable bonds is 7. The topological polar surface area (TPSA) is 110 Å². The largest absolute Gasteiger partial charge is 0.462 e. The number of hydrogen-bond acceptors (Lipinski definition) is 7. The van der Waals surface area contributed by atoms with Gasteiger partial charge in [0.15, 0.2) is 11.6 Å². The molecule has 0 aliphatic rings. The van der Waals surface area contributed by atoms with E-state index >= 15 is 0 Å². The second-order valence-electron chi connectivity index (χ2n) is 7.40. The Morgan fingerprint density at radius 1 is 0.941 bits per heavy atom. The Hall–Kier alpha value is -3.69. The molecule has 8 nitrogen and oxygen atoms in total. The molecule has 4 aromatic rings. The quantitative estimate of drug-likeness (QED) is 0.333. The number of carbonyl (C=O) groups excluding carboxylic acids is 1. The highest BCUT2D eigenvalue weighted by molar-refractivity contribution is 7.92. The zero-order valence-electron chi connectivity index (χ0n) is 18.4. The minimum Gasteiger partial charge on any atom is -0.462 e. The second kappa shape index (κ2) is 9.66. The van der Waals surface area contributed by atoms with Gasteiger partial charge in [0.1, 0.15) is 0 Å². The molecule has 0 unspecified atom stereocenters. The highest BCUT2D eigenvalue weighted by Crippen LogP contribution is 2.28. The number of aryl methyl sites for hydroxylation is 1. The Kier molecular flexibility index (Phi) is 6.67. The van der Waals surface area contributed by atoms with Crippen molar-refractivity contribution < 1.29 is 17.9 Å². The Balaban J connectivity index is 1.72. The molecule has 0 spiro atoms. The van der Waals surface area contributed by atoms with E-state index in [0.29, 0.717) is 27.3 Å². The summed E-state index contributed by atoms with van der Waals surface area (Å²) in [7, 11) is -3.96. The molecule has 2 N–H and O–H groups in total. The van der Waals surface area contributed by atoms with Gasteiger partial charge >= 0.3 is 5.97 Å². The lowest BCUT2D eigenvalue weighted by atomic mass is 10.2. The normalized spacial score (nSPS) is 11.3. The molecule has 3 aromatic carbocycles. The van der Waals surface area contributed by atoms with Crippen LogP contribution in [-0.2, 0) is 14.8 Å². The Morgan fingerprint density at radius 3 is 2.29 bits per heavy atom. The van der Waals surface area contributed by atoms with E-state index in [2.05, 4.69) is 20.0 Å². The summed E-state index contributed by atoms with van der Waals surface area (Å²) in [5.41, 5.74) is 3.10. The van der Waals surface area contributed by atoms with E-state index in [1.54, 1.807) is 37.3 Å². The first kappa shape index (κ1) is 23.5. The molecule has 0 aliphatic carbocycles. The van der Waals surface area contributed by atoms with E-state index in [4.69, 9.17) is 16.3 Å². The summed E-state index contributed by atoms with van der Waals surface area (Å²) in [5.74, 6) is -0.188. The van der Waals surface area contributed by atoms with Crippen molar-refractivity contribution in [1.82, 2.24) is 9.97 Å². The van der Waals surface area contributed by atoms with Crippen molar-refractivity contribution >= 4 is 56.0 Å². The molecule has 1 aromatic heterocycles. The van der Waals surface area contributed by atoms with Gasteiger partial charge in [-0.3, -0.25) is 4.72 Å². The van der Waals surface area contributed by atoms with Crippen molar-refractivity contribution in [3.8, 4) is 0 Å². The van der Waals surface area contributed by atoms with Gasteiger partial charge in [0.2, 0.25) is 0 Å². The monoisotopic (exact) mass is 496 g/mol. The number of fused-ring (bicyclic) bond motifs is 1. The summed E-state index contributed by atoms with van der Waals surface area (Å²) in [4.78, 5) is 21.0. The summed E-state index contributed by atoms with van der Waals surface area (Å²) < 4.78 is 33.5. The Bertz CT molecular complexity index is 1460. The third kappa shape index (κ3) is 5.27. The fourth-order valence-corrected chi connectivity index (χ4v) is 4.30. The summed E-state index contributed by atoms with van der Waals surface area (Å²) in [6, 6.07) is 17.9. The number of nitrogens with one attached hydrogen (secondary N) is 2. The second-order valence-corrected chi connectivity index (χ2v) is 9.51. The van der Waals surface area contributed by atoms with Gasteiger partial charge in [-0.05, 0) is 80.1 Å². The van der Waals surface area contributed by atoms with Crippen LogP contribution in [0.5, 0.6) is 0 Å². The van der Waals surface area contributed by atoms with Gasteiger partial charge in [-0.25, -0.2) is 23.2 Å². The highest BCUT2D eigenvalue weighted by Gasteiger charge is 2.19. The molecule has 0 aliphatic heterocycles. The molecule has 0 fully saturated rings. The number of ether oxygens (including phenoxy) is 1. The molecular weight excluding hydrogens is 476 g/mol. The molecule has 34 heavy (non-hydrogen) atoms. The van der Waals surface area contributed by atoms with Crippen LogP contribution in [0.2, 0.25) is 5.02 Å². The maximum absolute atomic E-state index is 13.0. The van der Waals surface area contributed by atoms with Crippen molar-refractivity contribution in [3.05, 3.63) is 82.9 Å². The number of anilines is 3. The smallest absolute Gasteiger partial charge is 0.338 e. The minimum atomic E-state index is -3.96. The van der Waals surface area contributed by atoms with E-state index in [0.717, 1.165) is 5.56 Å². The lowest BCUT2D eigenvalue weighted by Gasteiger charge is -2.14. The molecule has 0 amide bonds. The average molecular weight is 497 g/mol. The lowest BCUT2D eigenvalue weighted by molar-refractivity contribution is 0.0526. The zero-order valence-corrected chi connectivity index (χ0v) is 19.9. The standard InChI is InChI=1S/C24H21ClN4O4S/c1-3-33-24(30)16-5-9-18(10-6-16)26-22-23(27-20-13-4-15(2)14-21(20)28-22)29-34(31,32)19-11-7-17(25)8-12-19/h4-14H,3H2,1-2H3,(H,26,28)(H,27,29). The summed E-state index contributed by atoms with van der Waals surface area (Å²) in [6.07, 6.45) is 0. The van der Waals surface area contributed by atoms with Crippen LogP contribution in [0.15, 0.2) is 71.6 Å². The number of benzene rings is 3. The van der Waals surface area contributed by atoms with E-state index in [9.17, 15) is 13.2 Å². The van der Waals surface area contributed by atoms with Gasteiger partial charge in [0, 0.05) is 10.7 Å². The number of hydrogen-bond donors (Lipinski definition) is 2.